The maximum Gasteiger partial charge on any atom is 0.0812 e. The molecule has 0 bridgehead atoms. The molecule has 1 aromatic carbocycles. The molecule has 1 aliphatic carbocycles. The van der Waals surface area contributed by atoms with Gasteiger partial charge in [-0.05, 0) is 42.4 Å². The number of aliphatic hydroxyl groups is 1. The van der Waals surface area contributed by atoms with Crippen molar-refractivity contribution in [2.75, 3.05) is 0 Å². The predicted octanol–water partition coefficient (Wildman–Crippen LogP) is 4.39. The molecule has 3 heteroatoms. The van der Waals surface area contributed by atoms with E-state index in [0.29, 0.717) is 5.02 Å². The average Bonchev–Trinajstić information content (AvgIpc) is 2.29. The second-order valence-electron chi connectivity index (χ2n) is 5.31. The first kappa shape index (κ1) is 12.2. The van der Waals surface area contributed by atoms with E-state index in [1.165, 1.54) is 0 Å². The molecule has 0 aliphatic heterocycles. The van der Waals surface area contributed by atoms with Gasteiger partial charge in [-0.3, -0.25) is 0 Å². The average molecular weight is 259 g/mol. The van der Waals surface area contributed by atoms with Gasteiger partial charge in [-0.2, -0.15) is 0 Å². The molecule has 1 N–H and O–H groups in total. The lowest BCUT2D eigenvalue weighted by Crippen LogP contribution is -2.13. The quantitative estimate of drug-likeness (QED) is 0.685. The standard InChI is InChI=1S/C13H16Cl2O/c1-13(2)6-5-8-9(14)3-4-10(15)12(8)11(16)7-13/h3-4,11,16H,5-7H2,1-2H3. The number of benzene rings is 1. The van der Waals surface area contributed by atoms with Gasteiger partial charge in [0.25, 0.3) is 0 Å². The fourth-order valence-electron chi connectivity index (χ4n) is 2.41. The van der Waals surface area contributed by atoms with Crippen LogP contribution >= 0.6 is 23.2 Å². The minimum absolute atomic E-state index is 0.130. The molecule has 88 valence electrons. The molecule has 1 nitrogen and oxygen atoms in total. The fraction of sp³-hybridized carbons (Fsp3) is 0.538. The van der Waals surface area contributed by atoms with Gasteiger partial charge in [-0.1, -0.05) is 37.0 Å². The summed E-state index contributed by atoms with van der Waals surface area (Å²) in [5.74, 6) is 0. The van der Waals surface area contributed by atoms with Crippen LogP contribution in [0.2, 0.25) is 10.0 Å². The molecule has 1 atom stereocenters. The first-order valence-electron chi connectivity index (χ1n) is 5.55. The van der Waals surface area contributed by atoms with E-state index in [-0.39, 0.29) is 5.41 Å². The van der Waals surface area contributed by atoms with E-state index < -0.39 is 6.10 Å². The lowest BCUT2D eigenvalue weighted by Gasteiger charge is -2.24. The highest BCUT2D eigenvalue weighted by Crippen LogP contribution is 2.43. The van der Waals surface area contributed by atoms with Crippen LogP contribution < -0.4 is 0 Å². The van der Waals surface area contributed by atoms with Crippen molar-refractivity contribution in [2.24, 2.45) is 5.41 Å². The lowest BCUT2D eigenvalue weighted by molar-refractivity contribution is 0.117. The van der Waals surface area contributed by atoms with Crippen molar-refractivity contribution < 1.29 is 5.11 Å². The van der Waals surface area contributed by atoms with E-state index in [1.807, 2.05) is 6.07 Å². The van der Waals surface area contributed by atoms with Gasteiger partial charge in [0.1, 0.15) is 0 Å². The molecule has 0 spiro atoms. The molecule has 1 aliphatic rings. The summed E-state index contributed by atoms with van der Waals surface area (Å²) < 4.78 is 0. The second kappa shape index (κ2) is 4.21. The smallest absolute Gasteiger partial charge is 0.0812 e. The maximum absolute atomic E-state index is 10.2. The van der Waals surface area contributed by atoms with Crippen LogP contribution in [0, 0.1) is 5.41 Å². The number of hydrogen-bond donors (Lipinski definition) is 1. The molecular weight excluding hydrogens is 243 g/mol. The Kier molecular flexibility index (Phi) is 3.22. The second-order valence-corrected chi connectivity index (χ2v) is 6.12. The van der Waals surface area contributed by atoms with Gasteiger partial charge >= 0.3 is 0 Å². The Morgan fingerprint density at radius 3 is 2.56 bits per heavy atom. The van der Waals surface area contributed by atoms with Crippen LogP contribution in [-0.2, 0) is 6.42 Å². The minimum atomic E-state index is -0.501. The summed E-state index contributed by atoms with van der Waals surface area (Å²) in [6.07, 6.45) is 2.15. The number of aliphatic hydroxyl groups excluding tert-OH is 1. The summed E-state index contributed by atoms with van der Waals surface area (Å²) in [7, 11) is 0. The van der Waals surface area contributed by atoms with Gasteiger partial charge in [0.2, 0.25) is 0 Å². The summed E-state index contributed by atoms with van der Waals surface area (Å²) in [5, 5.41) is 11.6. The minimum Gasteiger partial charge on any atom is -0.388 e. The van der Waals surface area contributed by atoms with Crippen molar-refractivity contribution >= 4 is 23.2 Å². The monoisotopic (exact) mass is 258 g/mol. The van der Waals surface area contributed by atoms with Gasteiger partial charge in [-0.25, -0.2) is 0 Å². The van der Waals surface area contributed by atoms with Gasteiger partial charge in [-0.15, -0.1) is 0 Å². The van der Waals surface area contributed by atoms with Crippen molar-refractivity contribution in [1.29, 1.82) is 0 Å². The van der Waals surface area contributed by atoms with Gasteiger partial charge in [0.05, 0.1) is 6.10 Å². The van der Waals surface area contributed by atoms with Crippen LogP contribution in [0.4, 0.5) is 0 Å². The molecule has 2 rings (SSSR count). The summed E-state index contributed by atoms with van der Waals surface area (Å²) in [6.45, 7) is 4.34. The fourth-order valence-corrected chi connectivity index (χ4v) is 2.98. The topological polar surface area (TPSA) is 20.2 Å². The highest BCUT2D eigenvalue weighted by Gasteiger charge is 2.30. The summed E-state index contributed by atoms with van der Waals surface area (Å²) >= 11 is 12.3. The third kappa shape index (κ3) is 2.22. The number of halogens is 2. The van der Waals surface area contributed by atoms with Crippen molar-refractivity contribution in [1.82, 2.24) is 0 Å². The maximum atomic E-state index is 10.2. The Hall–Kier alpha value is -0.240. The van der Waals surface area contributed by atoms with Gasteiger partial charge in [0.15, 0.2) is 0 Å². The van der Waals surface area contributed by atoms with Crippen molar-refractivity contribution in [3.05, 3.63) is 33.3 Å². The normalized spacial score (nSPS) is 23.7. The highest BCUT2D eigenvalue weighted by atomic mass is 35.5. The van der Waals surface area contributed by atoms with Crippen LogP contribution in [0.15, 0.2) is 12.1 Å². The Morgan fingerprint density at radius 2 is 1.88 bits per heavy atom. The molecule has 1 unspecified atom stereocenters. The SMILES string of the molecule is CC1(C)CCc2c(Cl)ccc(Cl)c2C(O)C1. The van der Waals surface area contributed by atoms with E-state index in [1.54, 1.807) is 6.07 Å². The van der Waals surface area contributed by atoms with Crippen molar-refractivity contribution in [2.45, 2.75) is 39.2 Å². The molecular formula is C13H16Cl2O. The molecule has 0 radical (unpaired) electrons. The number of rotatable bonds is 0. The van der Waals surface area contributed by atoms with Crippen LogP contribution in [-0.4, -0.2) is 5.11 Å². The molecule has 1 aromatic rings. The van der Waals surface area contributed by atoms with Crippen molar-refractivity contribution in [3.63, 3.8) is 0 Å². The van der Waals surface area contributed by atoms with Gasteiger partial charge in [0, 0.05) is 15.6 Å². The molecule has 0 saturated carbocycles. The summed E-state index contributed by atoms with van der Waals surface area (Å²) in [6, 6.07) is 3.58. The van der Waals surface area contributed by atoms with Gasteiger partial charge < -0.3 is 5.11 Å². The van der Waals surface area contributed by atoms with Crippen LogP contribution in [0.5, 0.6) is 0 Å². The van der Waals surface area contributed by atoms with Crippen LogP contribution in [0.1, 0.15) is 43.9 Å². The number of hydrogen-bond acceptors (Lipinski definition) is 1. The third-order valence-electron chi connectivity index (χ3n) is 3.38. The zero-order valence-electron chi connectivity index (χ0n) is 9.56. The number of fused-ring (bicyclic) bond motifs is 1. The zero-order chi connectivity index (χ0) is 11.9. The van der Waals surface area contributed by atoms with E-state index in [0.717, 1.165) is 35.4 Å². The lowest BCUT2D eigenvalue weighted by atomic mass is 9.84. The molecule has 0 fully saturated rings. The van der Waals surface area contributed by atoms with Crippen LogP contribution in [0.25, 0.3) is 0 Å². The Bertz CT molecular complexity index is 413. The third-order valence-corrected chi connectivity index (χ3v) is 4.06. The van der Waals surface area contributed by atoms with Crippen LogP contribution in [0.3, 0.4) is 0 Å². The molecule has 0 heterocycles. The summed E-state index contributed by atoms with van der Waals surface area (Å²) in [5.41, 5.74) is 1.98. The van der Waals surface area contributed by atoms with E-state index >= 15 is 0 Å². The molecule has 0 aromatic heterocycles. The van der Waals surface area contributed by atoms with E-state index in [2.05, 4.69) is 13.8 Å². The largest absolute Gasteiger partial charge is 0.388 e. The van der Waals surface area contributed by atoms with Crippen molar-refractivity contribution in [3.8, 4) is 0 Å². The Labute approximate surface area is 106 Å². The Balaban J connectivity index is 2.52. The molecule has 0 amide bonds. The first-order valence-corrected chi connectivity index (χ1v) is 6.31. The Morgan fingerprint density at radius 1 is 1.25 bits per heavy atom. The first-order chi connectivity index (χ1) is 7.41. The predicted molar refractivity (Wildman–Crippen MR) is 68.1 cm³/mol. The molecule has 0 saturated heterocycles. The highest BCUT2D eigenvalue weighted by molar-refractivity contribution is 6.34. The molecule has 16 heavy (non-hydrogen) atoms. The summed E-state index contributed by atoms with van der Waals surface area (Å²) in [4.78, 5) is 0. The zero-order valence-corrected chi connectivity index (χ0v) is 11.1. The van der Waals surface area contributed by atoms with E-state index in [4.69, 9.17) is 23.2 Å². The van der Waals surface area contributed by atoms with E-state index in [9.17, 15) is 5.11 Å².